The summed E-state index contributed by atoms with van der Waals surface area (Å²) < 4.78 is 3.26. The average Bonchev–Trinajstić information content (AvgIpc) is 3.33. The van der Waals surface area contributed by atoms with Crippen LogP contribution in [0.2, 0.25) is 0 Å². The maximum Gasteiger partial charge on any atom is 0.226 e. The Morgan fingerprint density at radius 1 is 1.28 bits per heavy atom. The summed E-state index contributed by atoms with van der Waals surface area (Å²) in [5.41, 5.74) is 3.73. The van der Waals surface area contributed by atoms with Gasteiger partial charge in [-0.25, -0.2) is 0 Å². The molecule has 1 aliphatic heterocycles. The molecule has 0 aliphatic carbocycles. The van der Waals surface area contributed by atoms with Crippen molar-refractivity contribution in [2.24, 2.45) is 0 Å². The predicted octanol–water partition coefficient (Wildman–Crippen LogP) is 2.15. The van der Waals surface area contributed by atoms with Gasteiger partial charge in [-0.1, -0.05) is 0 Å². The highest BCUT2D eigenvalue weighted by molar-refractivity contribution is 7.08. The number of nitrogens with zero attached hydrogens (tertiary/aromatic N) is 6. The molecule has 9 heteroatoms. The highest BCUT2D eigenvalue weighted by Crippen LogP contribution is 2.40. The number of amides is 1. The lowest BCUT2D eigenvalue weighted by molar-refractivity contribution is -0.116. The van der Waals surface area contributed by atoms with Gasteiger partial charge in [0.15, 0.2) is 11.5 Å². The molecule has 1 atom stereocenters. The summed E-state index contributed by atoms with van der Waals surface area (Å²) in [6.07, 6.45) is 1.96. The molecule has 0 saturated heterocycles. The molecular weight excluding hydrogens is 338 g/mol. The summed E-state index contributed by atoms with van der Waals surface area (Å²) in [6.45, 7) is 1.96. The second-order valence-electron chi connectivity index (χ2n) is 5.95. The van der Waals surface area contributed by atoms with Crippen molar-refractivity contribution in [3.05, 3.63) is 52.1 Å². The molecule has 0 unspecified atom stereocenters. The maximum atomic E-state index is 12.3. The number of aryl methyl sites for hydroxylation is 1. The average molecular weight is 351 g/mol. The van der Waals surface area contributed by atoms with Gasteiger partial charge in [-0.3, -0.25) is 4.79 Å². The molecule has 0 aromatic carbocycles. The molecule has 1 N–H and O–H groups in total. The first-order valence-corrected chi connectivity index (χ1v) is 8.74. The molecule has 0 fully saturated rings. The zero-order chi connectivity index (χ0) is 17.0. The number of fused-ring (bicyclic) bond motifs is 2. The van der Waals surface area contributed by atoms with Crippen molar-refractivity contribution in [2.45, 2.75) is 19.3 Å². The lowest BCUT2D eigenvalue weighted by Gasteiger charge is -2.23. The highest BCUT2D eigenvalue weighted by atomic mass is 32.1. The van der Waals surface area contributed by atoms with Gasteiger partial charge in [-0.15, -0.1) is 15.3 Å². The van der Waals surface area contributed by atoms with Gasteiger partial charge in [0.25, 0.3) is 0 Å². The number of hydrogen-bond donors (Lipinski definition) is 1. The molecule has 5 heterocycles. The summed E-state index contributed by atoms with van der Waals surface area (Å²) in [5.74, 6) is 1.28. The van der Waals surface area contributed by atoms with E-state index in [1.807, 2.05) is 24.4 Å². The SMILES string of the molecule is Cc1nn(-c2ccc3nncn3n2)c2c1[C@H](c1ccsc1)CC(=O)N2. The van der Waals surface area contributed by atoms with Crippen molar-refractivity contribution in [3.63, 3.8) is 0 Å². The zero-order valence-corrected chi connectivity index (χ0v) is 14.1. The third kappa shape index (κ3) is 2.16. The van der Waals surface area contributed by atoms with Crippen LogP contribution in [0.25, 0.3) is 11.5 Å². The number of anilines is 1. The molecule has 4 aromatic heterocycles. The Morgan fingerprint density at radius 3 is 3.04 bits per heavy atom. The van der Waals surface area contributed by atoms with Crippen molar-refractivity contribution in [3.8, 4) is 5.82 Å². The van der Waals surface area contributed by atoms with E-state index in [-0.39, 0.29) is 11.8 Å². The van der Waals surface area contributed by atoms with E-state index >= 15 is 0 Å². The van der Waals surface area contributed by atoms with Crippen LogP contribution in [0.1, 0.15) is 29.2 Å². The van der Waals surface area contributed by atoms with Crippen LogP contribution in [-0.2, 0) is 4.79 Å². The Labute approximate surface area is 146 Å². The topological polar surface area (TPSA) is 90.0 Å². The lowest BCUT2D eigenvalue weighted by Crippen LogP contribution is -2.25. The largest absolute Gasteiger partial charge is 0.310 e. The van der Waals surface area contributed by atoms with Gasteiger partial charge in [-0.05, 0) is 41.4 Å². The van der Waals surface area contributed by atoms with Crippen molar-refractivity contribution in [1.29, 1.82) is 0 Å². The molecule has 1 aliphatic rings. The maximum absolute atomic E-state index is 12.3. The van der Waals surface area contributed by atoms with Crippen LogP contribution in [0, 0.1) is 6.92 Å². The van der Waals surface area contributed by atoms with Gasteiger partial charge in [0.2, 0.25) is 5.91 Å². The highest BCUT2D eigenvalue weighted by Gasteiger charge is 2.33. The Hall–Kier alpha value is -3.07. The summed E-state index contributed by atoms with van der Waals surface area (Å²) >= 11 is 1.63. The van der Waals surface area contributed by atoms with E-state index in [2.05, 4.69) is 37.2 Å². The standard InChI is InChI=1S/C16H13N7OS/c1-9-15-11(10-4-5-25-7-10)6-14(24)18-16(15)23(20-9)13-3-2-12-19-17-8-22(12)21-13/h2-5,7-8,11H,6H2,1H3,(H,18,24)/t11-/m0/s1. The van der Waals surface area contributed by atoms with Crippen LogP contribution in [0.3, 0.4) is 0 Å². The monoisotopic (exact) mass is 351 g/mol. The number of nitrogens with one attached hydrogen (secondary N) is 1. The second kappa shape index (κ2) is 5.21. The van der Waals surface area contributed by atoms with Gasteiger partial charge in [0.1, 0.15) is 12.1 Å². The molecular formula is C16H13N7OS. The van der Waals surface area contributed by atoms with Crippen LogP contribution in [0.15, 0.2) is 35.3 Å². The van der Waals surface area contributed by atoms with Crippen LogP contribution >= 0.6 is 11.3 Å². The molecule has 5 rings (SSSR count). The Morgan fingerprint density at radius 2 is 2.20 bits per heavy atom. The van der Waals surface area contributed by atoms with Gasteiger partial charge in [-0.2, -0.15) is 25.6 Å². The quantitative estimate of drug-likeness (QED) is 0.598. The van der Waals surface area contributed by atoms with Gasteiger partial charge >= 0.3 is 0 Å². The number of thiophene rings is 1. The van der Waals surface area contributed by atoms with Crippen LogP contribution in [-0.4, -0.2) is 35.5 Å². The molecule has 0 saturated carbocycles. The fourth-order valence-corrected chi connectivity index (χ4v) is 4.02. The lowest BCUT2D eigenvalue weighted by atomic mass is 9.87. The molecule has 1 amide bonds. The molecule has 25 heavy (non-hydrogen) atoms. The number of carbonyl (C=O) groups is 1. The first-order chi connectivity index (χ1) is 12.2. The van der Waals surface area contributed by atoms with Gasteiger partial charge in [0, 0.05) is 17.9 Å². The minimum atomic E-state index is -0.0183. The summed E-state index contributed by atoms with van der Waals surface area (Å²) in [6, 6.07) is 5.70. The van der Waals surface area contributed by atoms with E-state index < -0.39 is 0 Å². The molecule has 124 valence electrons. The Balaban J connectivity index is 1.70. The molecule has 0 radical (unpaired) electrons. The van der Waals surface area contributed by atoms with Crippen molar-refractivity contribution in [1.82, 2.24) is 29.6 Å². The van der Waals surface area contributed by atoms with Crippen molar-refractivity contribution < 1.29 is 4.79 Å². The van der Waals surface area contributed by atoms with Crippen LogP contribution in [0.4, 0.5) is 5.82 Å². The van der Waals surface area contributed by atoms with E-state index in [1.165, 1.54) is 6.33 Å². The third-order valence-corrected chi connectivity index (χ3v) is 5.11. The molecule has 0 bridgehead atoms. The summed E-state index contributed by atoms with van der Waals surface area (Å²) in [5, 5.41) is 24.0. The third-order valence-electron chi connectivity index (χ3n) is 4.41. The Bertz CT molecular complexity index is 1100. The van der Waals surface area contributed by atoms with Crippen LogP contribution < -0.4 is 5.32 Å². The number of carbonyl (C=O) groups excluding carboxylic acids is 1. The number of aromatic nitrogens is 6. The molecule has 0 spiro atoms. The first kappa shape index (κ1) is 14.3. The summed E-state index contributed by atoms with van der Waals surface area (Å²) in [7, 11) is 0. The van der Waals surface area contributed by atoms with Gasteiger partial charge < -0.3 is 5.32 Å². The van der Waals surface area contributed by atoms with Crippen molar-refractivity contribution >= 4 is 28.7 Å². The van der Waals surface area contributed by atoms with Crippen molar-refractivity contribution in [2.75, 3.05) is 5.32 Å². The number of rotatable bonds is 2. The zero-order valence-electron chi connectivity index (χ0n) is 13.2. The minimum Gasteiger partial charge on any atom is -0.310 e. The fraction of sp³-hybridized carbons (Fsp3) is 0.188. The molecule has 8 nitrogen and oxygen atoms in total. The van der Waals surface area contributed by atoms with Gasteiger partial charge in [0.05, 0.1) is 5.69 Å². The van der Waals surface area contributed by atoms with Crippen LogP contribution in [0.5, 0.6) is 0 Å². The fourth-order valence-electron chi connectivity index (χ4n) is 3.30. The van der Waals surface area contributed by atoms with E-state index in [9.17, 15) is 4.79 Å². The second-order valence-corrected chi connectivity index (χ2v) is 6.73. The first-order valence-electron chi connectivity index (χ1n) is 7.79. The molecule has 4 aromatic rings. The van der Waals surface area contributed by atoms with E-state index in [0.717, 1.165) is 16.8 Å². The predicted molar refractivity (Wildman–Crippen MR) is 92.0 cm³/mol. The van der Waals surface area contributed by atoms with E-state index in [4.69, 9.17) is 0 Å². The summed E-state index contributed by atoms with van der Waals surface area (Å²) in [4.78, 5) is 12.3. The van der Waals surface area contributed by atoms with E-state index in [0.29, 0.717) is 23.7 Å². The number of hydrogen-bond acceptors (Lipinski definition) is 6. The Kier molecular flexibility index (Phi) is 2.98. The smallest absolute Gasteiger partial charge is 0.226 e. The van der Waals surface area contributed by atoms with E-state index in [1.54, 1.807) is 20.5 Å². The normalized spacial score (nSPS) is 16.8. The minimum absolute atomic E-state index is 0.0161.